The van der Waals surface area contributed by atoms with Gasteiger partial charge in [-0.25, -0.2) is 0 Å². The summed E-state index contributed by atoms with van der Waals surface area (Å²) in [5.41, 5.74) is 4.03. The molecule has 0 bridgehead atoms. The molecule has 0 fully saturated rings. The molecule has 1 rings (SSSR count). The van der Waals surface area contributed by atoms with Crippen LogP contribution in [0.5, 0.6) is 0 Å². The molecular formula is C11H21BrN4. The maximum atomic E-state index is 5.63. The molecule has 4 nitrogen and oxygen atoms in total. The van der Waals surface area contributed by atoms with Crippen molar-refractivity contribution in [1.29, 1.82) is 0 Å². The number of rotatable bonds is 6. The van der Waals surface area contributed by atoms with Crippen molar-refractivity contribution < 1.29 is 0 Å². The SMILES string of the molecule is CCn1ncc(Br)c1C(CCC(C)C)NN. The van der Waals surface area contributed by atoms with Crippen molar-refractivity contribution in [2.45, 2.75) is 46.2 Å². The number of aryl methyl sites for hydroxylation is 1. The number of halogens is 1. The number of hydrogen-bond acceptors (Lipinski definition) is 3. The van der Waals surface area contributed by atoms with Gasteiger partial charge in [0.25, 0.3) is 0 Å². The van der Waals surface area contributed by atoms with Gasteiger partial charge in [0, 0.05) is 6.54 Å². The average Bonchev–Trinajstić information content (AvgIpc) is 2.61. The van der Waals surface area contributed by atoms with E-state index in [0.29, 0.717) is 5.92 Å². The molecule has 0 radical (unpaired) electrons. The third-order valence-electron chi connectivity index (χ3n) is 2.70. The quantitative estimate of drug-likeness (QED) is 0.625. The molecule has 0 saturated heterocycles. The highest BCUT2D eigenvalue weighted by molar-refractivity contribution is 9.10. The number of aromatic nitrogens is 2. The van der Waals surface area contributed by atoms with Gasteiger partial charge in [-0.15, -0.1) is 0 Å². The molecule has 5 heteroatoms. The molecule has 92 valence electrons. The molecule has 0 spiro atoms. The van der Waals surface area contributed by atoms with Crippen LogP contribution in [-0.4, -0.2) is 9.78 Å². The Bertz CT molecular complexity index is 322. The molecule has 1 atom stereocenters. The van der Waals surface area contributed by atoms with Gasteiger partial charge in [-0.3, -0.25) is 16.0 Å². The van der Waals surface area contributed by atoms with Crippen LogP contribution in [0.3, 0.4) is 0 Å². The zero-order chi connectivity index (χ0) is 12.1. The van der Waals surface area contributed by atoms with Gasteiger partial charge < -0.3 is 0 Å². The predicted molar refractivity (Wildman–Crippen MR) is 69.7 cm³/mol. The standard InChI is InChI=1S/C11H21BrN4/c1-4-16-11(9(12)7-14-16)10(15-13)6-5-8(2)3/h7-8,10,15H,4-6,13H2,1-3H3. The van der Waals surface area contributed by atoms with Crippen LogP contribution < -0.4 is 11.3 Å². The van der Waals surface area contributed by atoms with Crippen LogP contribution in [-0.2, 0) is 6.54 Å². The summed E-state index contributed by atoms with van der Waals surface area (Å²) in [6, 6.07) is 0.166. The van der Waals surface area contributed by atoms with Crippen molar-refractivity contribution in [2.24, 2.45) is 11.8 Å². The van der Waals surface area contributed by atoms with Gasteiger partial charge in [0.1, 0.15) is 0 Å². The molecule has 1 aromatic heterocycles. The van der Waals surface area contributed by atoms with E-state index < -0.39 is 0 Å². The molecule has 0 aliphatic rings. The average molecular weight is 289 g/mol. The number of nitrogens with zero attached hydrogens (tertiary/aromatic N) is 2. The first kappa shape index (κ1) is 13.7. The smallest absolute Gasteiger partial charge is 0.0709 e. The molecule has 0 aliphatic carbocycles. The summed E-state index contributed by atoms with van der Waals surface area (Å²) in [5.74, 6) is 6.32. The number of hydrazine groups is 1. The lowest BCUT2D eigenvalue weighted by Crippen LogP contribution is -2.30. The van der Waals surface area contributed by atoms with Crippen molar-refractivity contribution in [3.05, 3.63) is 16.4 Å². The predicted octanol–water partition coefficient (Wildman–Crippen LogP) is 2.61. The third-order valence-corrected chi connectivity index (χ3v) is 3.31. The van der Waals surface area contributed by atoms with Gasteiger partial charge in [0.05, 0.1) is 22.4 Å². The molecule has 0 aromatic carbocycles. The second kappa shape index (κ2) is 6.37. The van der Waals surface area contributed by atoms with Crippen molar-refractivity contribution in [1.82, 2.24) is 15.2 Å². The van der Waals surface area contributed by atoms with Crippen molar-refractivity contribution in [2.75, 3.05) is 0 Å². The van der Waals surface area contributed by atoms with Crippen LogP contribution in [0.4, 0.5) is 0 Å². The minimum absolute atomic E-state index is 0.166. The Morgan fingerprint density at radius 2 is 2.19 bits per heavy atom. The maximum Gasteiger partial charge on any atom is 0.0709 e. The van der Waals surface area contributed by atoms with Crippen LogP contribution in [0.1, 0.15) is 45.3 Å². The minimum atomic E-state index is 0.166. The van der Waals surface area contributed by atoms with Crippen molar-refractivity contribution >= 4 is 15.9 Å². The Morgan fingerprint density at radius 1 is 1.50 bits per heavy atom. The Morgan fingerprint density at radius 3 is 2.69 bits per heavy atom. The fourth-order valence-corrected chi connectivity index (χ4v) is 2.34. The van der Waals surface area contributed by atoms with Gasteiger partial charge in [-0.05, 0) is 41.6 Å². The molecule has 3 N–H and O–H groups in total. The topological polar surface area (TPSA) is 55.9 Å². The van der Waals surface area contributed by atoms with E-state index >= 15 is 0 Å². The number of nitrogens with one attached hydrogen (secondary N) is 1. The highest BCUT2D eigenvalue weighted by atomic mass is 79.9. The van der Waals surface area contributed by atoms with Crippen molar-refractivity contribution in [3.63, 3.8) is 0 Å². The summed E-state index contributed by atoms with van der Waals surface area (Å²) < 4.78 is 3.01. The van der Waals surface area contributed by atoms with Gasteiger partial charge in [-0.2, -0.15) is 5.10 Å². The molecule has 1 heterocycles. The van der Waals surface area contributed by atoms with Crippen LogP contribution in [0.2, 0.25) is 0 Å². The lowest BCUT2D eigenvalue weighted by Gasteiger charge is -2.18. The van der Waals surface area contributed by atoms with Gasteiger partial charge >= 0.3 is 0 Å². The first-order valence-corrected chi connectivity index (χ1v) is 6.56. The Hall–Kier alpha value is -0.390. The minimum Gasteiger partial charge on any atom is -0.271 e. The van der Waals surface area contributed by atoms with E-state index in [1.165, 1.54) is 0 Å². The summed E-state index contributed by atoms with van der Waals surface area (Å²) >= 11 is 3.53. The van der Waals surface area contributed by atoms with E-state index in [0.717, 1.165) is 29.6 Å². The number of nitrogens with two attached hydrogens (primary N) is 1. The Labute approximate surface area is 106 Å². The largest absolute Gasteiger partial charge is 0.271 e. The first-order valence-electron chi connectivity index (χ1n) is 5.77. The summed E-state index contributed by atoms with van der Waals surface area (Å²) in [6.45, 7) is 7.39. The summed E-state index contributed by atoms with van der Waals surface area (Å²) in [5, 5.41) is 4.30. The Balaban J connectivity index is 2.81. The molecular weight excluding hydrogens is 268 g/mol. The lowest BCUT2D eigenvalue weighted by molar-refractivity contribution is 0.420. The monoisotopic (exact) mass is 288 g/mol. The highest BCUT2D eigenvalue weighted by Gasteiger charge is 2.18. The molecule has 16 heavy (non-hydrogen) atoms. The highest BCUT2D eigenvalue weighted by Crippen LogP contribution is 2.27. The second-order valence-corrected chi connectivity index (χ2v) is 5.24. The summed E-state index contributed by atoms with van der Waals surface area (Å²) in [7, 11) is 0. The van der Waals surface area contributed by atoms with Crippen LogP contribution in [0.15, 0.2) is 10.7 Å². The summed E-state index contributed by atoms with van der Waals surface area (Å²) in [4.78, 5) is 0. The summed E-state index contributed by atoms with van der Waals surface area (Å²) in [6.07, 6.45) is 4.01. The third kappa shape index (κ3) is 3.30. The second-order valence-electron chi connectivity index (χ2n) is 4.38. The van der Waals surface area contributed by atoms with E-state index in [4.69, 9.17) is 5.84 Å². The lowest BCUT2D eigenvalue weighted by atomic mass is 10.0. The number of hydrogen-bond donors (Lipinski definition) is 2. The maximum absolute atomic E-state index is 5.63. The van der Waals surface area contributed by atoms with E-state index in [1.54, 1.807) is 0 Å². The van der Waals surface area contributed by atoms with Crippen molar-refractivity contribution in [3.8, 4) is 0 Å². The molecule has 0 amide bonds. The molecule has 1 unspecified atom stereocenters. The normalized spacial score (nSPS) is 13.4. The zero-order valence-electron chi connectivity index (χ0n) is 10.2. The fourth-order valence-electron chi connectivity index (χ4n) is 1.77. The van der Waals surface area contributed by atoms with E-state index in [2.05, 4.69) is 47.2 Å². The van der Waals surface area contributed by atoms with Crippen LogP contribution in [0, 0.1) is 5.92 Å². The molecule has 0 saturated carbocycles. The van der Waals surface area contributed by atoms with E-state index in [-0.39, 0.29) is 6.04 Å². The van der Waals surface area contributed by atoms with Gasteiger partial charge in [0.2, 0.25) is 0 Å². The van der Waals surface area contributed by atoms with Crippen LogP contribution in [0.25, 0.3) is 0 Å². The first-order chi connectivity index (χ1) is 7.60. The van der Waals surface area contributed by atoms with E-state index in [1.807, 2.05) is 10.9 Å². The zero-order valence-corrected chi connectivity index (χ0v) is 11.8. The fraction of sp³-hybridized carbons (Fsp3) is 0.727. The Kier molecular flexibility index (Phi) is 5.44. The van der Waals surface area contributed by atoms with E-state index in [9.17, 15) is 0 Å². The van der Waals surface area contributed by atoms with Gasteiger partial charge in [-0.1, -0.05) is 13.8 Å². The van der Waals surface area contributed by atoms with Crippen LogP contribution >= 0.6 is 15.9 Å². The van der Waals surface area contributed by atoms with Gasteiger partial charge in [0.15, 0.2) is 0 Å². The molecule has 0 aliphatic heterocycles. The molecule has 1 aromatic rings.